The molecule has 0 bridgehead atoms. The summed E-state index contributed by atoms with van der Waals surface area (Å²) in [5.74, 6) is -0.199. The summed E-state index contributed by atoms with van der Waals surface area (Å²) in [5, 5.41) is 0.891. The molecule has 0 saturated carbocycles. The number of hydrogen-bond donors (Lipinski definition) is 0. The number of para-hydroxylation sites is 1. The maximum absolute atomic E-state index is 12.1. The highest BCUT2D eigenvalue weighted by Crippen LogP contribution is 2.33. The predicted octanol–water partition coefficient (Wildman–Crippen LogP) is 3.23. The first kappa shape index (κ1) is 13.0. The van der Waals surface area contributed by atoms with Gasteiger partial charge in [-0.1, -0.05) is 18.2 Å². The first-order valence-corrected chi connectivity index (χ1v) is 7.23. The normalized spacial score (nSPS) is 17.7. The molecule has 4 nitrogen and oxygen atoms in total. The second-order valence-electron chi connectivity index (χ2n) is 4.64. The Labute approximate surface area is 121 Å². The molecule has 102 valence electrons. The zero-order valence-corrected chi connectivity index (χ0v) is 12.1. The smallest absolute Gasteiger partial charge is 0.293 e. The maximum atomic E-state index is 12.1. The topological polar surface area (TPSA) is 42.3 Å². The van der Waals surface area contributed by atoms with Gasteiger partial charge in [0.1, 0.15) is 0 Å². The number of carbonyl (C=O) groups is 2. The molecule has 2 amide bonds. The Morgan fingerprint density at radius 2 is 2.00 bits per heavy atom. The molecule has 2 aromatic rings. The Morgan fingerprint density at radius 3 is 2.70 bits per heavy atom. The van der Waals surface area contributed by atoms with Gasteiger partial charge in [0.05, 0.1) is 4.91 Å². The van der Waals surface area contributed by atoms with Gasteiger partial charge < -0.3 is 4.57 Å². The van der Waals surface area contributed by atoms with Crippen molar-refractivity contribution >= 4 is 39.9 Å². The van der Waals surface area contributed by atoms with Gasteiger partial charge in [-0.2, -0.15) is 0 Å². The molecule has 1 saturated heterocycles. The summed E-state index contributed by atoms with van der Waals surface area (Å²) in [7, 11) is 1.97. The second-order valence-corrected chi connectivity index (χ2v) is 5.63. The summed E-state index contributed by atoms with van der Waals surface area (Å²) in [5.41, 5.74) is 2.07. The minimum Gasteiger partial charge on any atom is -0.350 e. The lowest BCUT2D eigenvalue weighted by Crippen LogP contribution is -2.27. The van der Waals surface area contributed by atoms with E-state index in [1.54, 1.807) is 6.92 Å². The van der Waals surface area contributed by atoms with Crippen LogP contribution in [0.2, 0.25) is 0 Å². The molecular formula is C15H14N2O2S. The van der Waals surface area contributed by atoms with Crippen LogP contribution < -0.4 is 0 Å². The van der Waals surface area contributed by atoms with Crippen LogP contribution in [0.25, 0.3) is 17.0 Å². The Bertz CT molecular complexity index is 745. The van der Waals surface area contributed by atoms with Crippen molar-refractivity contribution in [2.75, 3.05) is 6.54 Å². The number of benzene rings is 1. The number of likely N-dealkylation sites (N-methyl/N-ethyl adjacent to an activating group) is 1. The predicted molar refractivity (Wildman–Crippen MR) is 81.3 cm³/mol. The molecule has 2 heterocycles. The van der Waals surface area contributed by atoms with Crippen LogP contribution in [0.15, 0.2) is 35.4 Å². The highest BCUT2D eigenvalue weighted by Gasteiger charge is 2.33. The van der Waals surface area contributed by atoms with Crippen molar-refractivity contribution in [2.45, 2.75) is 6.92 Å². The Balaban J connectivity index is 2.08. The number of amides is 2. The standard InChI is InChI=1S/C15H14N2O2S/c1-3-17-14(18)13(20-15(17)19)8-10-9-16(2)12-7-5-4-6-11(10)12/h4-9H,3H2,1-2H3. The minimum absolute atomic E-state index is 0.191. The summed E-state index contributed by atoms with van der Waals surface area (Å²) < 4.78 is 2.02. The first-order chi connectivity index (χ1) is 9.61. The van der Waals surface area contributed by atoms with Crippen LogP contribution in [0.4, 0.5) is 4.79 Å². The summed E-state index contributed by atoms with van der Waals surface area (Å²) in [6.45, 7) is 2.22. The molecule has 0 spiro atoms. The van der Waals surface area contributed by atoms with Gasteiger partial charge in [-0.15, -0.1) is 0 Å². The van der Waals surface area contributed by atoms with E-state index in [2.05, 4.69) is 0 Å². The lowest BCUT2D eigenvalue weighted by atomic mass is 10.1. The van der Waals surface area contributed by atoms with Crippen molar-refractivity contribution in [1.82, 2.24) is 9.47 Å². The van der Waals surface area contributed by atoms with Gasteiger partial charge >= 0.3 is 0 Å². The highest BCUT2D eigenvalue weighted by atomic mass is 32.2. The van der Waals surface area contributed by atoms with Crippen LogP contribution >= 0.6 is 11.8 Å². The van der Waals surface area contributed by atoms with Crippen LogP contribution in [-0.2, 0) is 11.8 Å². The van der Waals surface area contributed by atoms with Gasteiger partial charge in [-0.3, -0.25) is 14.5 Å². The fourth-order valence-electron chi connectivity index (χ4n) is 2.40. The van der Waals surface area contributed by atoms with Crippen LogP contribution in [0, 0.1) is 0 Å². The number of imide groups is 1. The number of aromatic nitrogens is 1. The number of rotatable bonds is 2. The highest BCUT2D eigenvalue weighted by molar-refractivity contribution is 8.18. The van der Waals surface area contributed by atoms with Crippen LogP contribution in [-0.4, -0.2) is 27.2 Å². The summed E-state index contributed by atoms with van der Waals surface area (Å²) in [6.07, 6.45) is 3.79. The lowest BCUT2D eigenvalue weighted by molar-refractivity contribution is -0.122. The van der Waals surface area contributed by atoms with Crippen molar-refractivity contribution < 1.29 is 9.59 Å². The van der Waals surface area contributed by atoms with Crippen LogP contribution in [0.1, 0.15) is 12.5 Å². The Kier molecular flexibility index (Phi) is 3.14. The van der Waals surface area contributed by atoms with Gasteiger partial charge in [-0.05, 0) is 30.8 Å². The van der Waals surface area contributed by atoms with Gasteiger partial charge in [-0.25, -0.2) is 0 Å². The molecule has 0 radical (unpaired) electrons. The van der Waals surface area contributed by atoms with Crippen LogP contribution in [0.3, 0.4) is 0 Å². The summed E-state index contributed by atoms with van der Waals surface area (Å²) in [4.78, 5) is 25.6. The van der Waals surface area contributed by atoms with Gasteiger partial charge in [0.15, 0.2) is 0 Å². The van der Waals surface area contributed by atoms with E-state index in [0.29, 0.717) is 11.4 Å². The molecule has 0 N–H and O–H groups in total. The molecule has 1 fully saturated rings. The molecule has 0 atom stereocenters. The molecule has 0 unspecified atom stereocenters. The van der Waals surface area contributed by atoms with Crippen LogP contribution in [0.5, 0.6) is 0 Å². The first-order valence-electron chi connectivity index (χ1n) is 6.41. The molecule has 5 heteroatoms. The number of nitrogens with zero attached hydrogens (tertiary/aromatic N) is 2. The number of hydrogen-bond acceptors (Lipinski definition) is 3. The summed E-state index contributed by atoms with van der Waals surface area (Å²) >= 11 is 1.01. The summed E-state index contributed by atoms with van der Waals surface area (Å²) in [6, 6.07) is 8.00. The third-order valence-electron chi connectivity index (χ3n) is 3.40. The quantitative estimate of drug-likeness (QED) is 0.796. The van der Waals surface area contributed by atoms with Crippen molar-refractivity contribution in [1.29, 1.82) is 0 Å². The average molecular weight is 286 g/mol. The third-order valence-corrected chi connectivity index (χ3v) is 4.31. The van der Waals surface area contributed by atoms with E-state index >= 15 is 0 Å². The fraction of sp³-hybridized carbons (Fsp3) is 0.200. The zero-order valence-electron chi connectivity index (χ0n) is 11.3. The Morgan fingerprint density at radius 1 is 1.25 bits per heavy atom. The second kappa shape index (κ2) is 4.83. The molecule has 20 heavy (non-hydrogen) atoms. The van der Waals surface area contributed by atoms with E-state index in [1.165, 1.54) is 4.90 Å². The number of carbonyl (C=O) groups excluding carboxylic acids is 2. The number of aryl methyl sites for hydroxylation is 1. The van der Waals surface area contributed by atoms with Crippen molar-refractivity contribution in [3.8, 4) is 0 Å². The monoisotopic (exact) mass is 286 g/mol. The molecule has 1 aliphatic heterocycles. The lowest BCUT2D eigenvalue weighted by Gasteiger charge is -2.06. The van der Waals surface area contributed by atoms with E-state index in [9.17, 15) is 9.59 Å². The molecule has 1 aromatic heterocycles. The van der Waals surface area contributed by atoms with E-state index in [-0.39, 0.29) is 11.1 Å². The molecule has 1 aliphatic rings. The number of thioether (sulfide) groups is 1. The van der Waals surface area contributed by atoms with Gasteiger partial charge in [0.25, 0.3) is 11.1 Å². The fourth-order valence-corrected chi connectivity index (χ4v) is 3.30. The van der Waals surface area contributed by atoms with Gasteiger partial charge in [0, 0.05) is 36.3 Å². The van der Waals surface area contributed by atoms with E-state index in [1.807, 2.05) is 48.2 Å². The molecule has 0 aliphatic carbocycles. The SMILES string of the molecule is CCN1C(=O)SC(=Cc2cn(C)c3ccccc23)C1=O. The largest absolute Gasteiger partial charge is 0.350 e. The van der Waals surface area contributed by atoms with Crippen molar-refractivity contribution in [2.24, 2.45) is 7.05 Å². The maximum Gasteiger partial charge on any atom is 0.293 e. The van der Waals surface area contributed by atoms with E-state index < -0.39 is 0 Å². The van der Waals surface area contributed by atoms with Crippen molar-refractivity contribution in [3.05, 3.63) is 40.9 Å². The van der Waals surface area contributed by atoms with Gasteiger partial charge in [0.2, 0.25) is 0 Å². The molecule has 1 aromatic carbocycles. The zero-order chi connectivity index (χ0) is 14.3. The average Bonchev–Trinajstić information content (AvgIpc) is 2.89. The van der Waals surface area contributed by atoms with E-state index in [4.69, 9.17) is 0 Å². The Hall–Kier alpha value is -2.01. The third kappa shape index (κ3) is 1.94. The number of fused-ring (bicyclic) bond motifs is 1. The van der Waals surface area contributed by atoms with Crippen molar-refractivity contribution in [3.63, 3.8) is 0 Å². The molecule has 3 rings (SSSR count). The minimum atomic E-state index is -0.199. The van der Waals surface area contributed by atoms with E-state index in [0.717, 1.165) is 28.2 Å². The molecular weight excluding hydrogens is 272 g/mol.